The maximum absolute atomic E-state index is 13.4. The first-order valence-electron chi connectivity index (χ1n) is 7.35. The normalized spacial score (nSPS) is 18.7. The Kier molecular flexibility index (Phi) is 3.93. The summed E-state index contributed by atoms with van der Waals surface area (Å²) in [6.45, 7) is 2.69. The molecular formula is C18H20FNO. The Bertz CT molecular complexity index is 641. The lowest BCUT2D eigenvalue weighted by Gasteiger charge is -2.33. The molecule has 0 fully saturated rings. The molecule has 0 aromatic heterocycles. The smallest absolute Gasteiger partial charge is 0.123 e. The van der Waals surface area contributed by atoms with E-state index in [0.29, 0.717) is 5.92 Å². The van der Waals surface area contributed by atoms with Gasteiger partial charge in [0.25, 0.3) is 0 Å². The lowest BCUT2D eigenvalue weighted by Crippen LogP contribution is -2.28. The Morgan fingerprint density at radius 3 is 2.81 bits per heavy atom. The number of para-hydroxylation sites is 1. The van der Waals surface area contributed by atoms with E-state index < -0.39 is 0 Å². The summed E-state index contributed by atoms with van der Waals surface area (Å²) in [5.41, 5.74) is 3.37. The quantitative estimate of drug-likeness (QED) is 0.921. The van der Waals surface area contributed by atoms with Crippen LogP contribution in [-0.2, 0) is 0 Å². The molecular weight excluding hydrogens is 265 g/mol. The summed E-state index contributed by atoms with van der Waals surface area (Å²) in [5.74, 6) is 1.12. The number of hydrogen-bond donors (Lipinski definition) is 1. The third kappa shape index (κ3) is 2.66. The zero-order valence-corrected chi connectivity index (χ0v) is 12.4. The summed E-state index contributed by atoms with van der Waals surface area (Å²) >= 11 is 0. The number of halogens is 1. The van der Waals surface area contributed by atoms with Gasteiger partial charge in [-0.05, 0) is 55.3 Å². The van der Waals surface area contributed by atoms with Gasteiger partial charge in [-0.1, -0.05) is 24.3 Å². The van der Waals surface area contributed by atoms with Gasteiger partial charge in [0.2, 0.25) is 0 Å². The van der Waals surface area contributed by atoms with Crippen LogP contribution >= 0.6 is 0 Å². The van der Waals surface area contributed by atoms with Crippen molar-refractivity contribution >= 4 is 0 Å². The van der Waals surface area contributed by atoms with Crippen LogP contribution in [0.1, 0.15) is 35.1 Å². The number of rotatable bonds is 3. The molecule has 2 aromatic rings. The first-order valence-corrected chi connectivity index (χ1v) is 7.35. The lowest BCUT2D eigenvalue weighted by molar-refractivity contribution is 0.248. The second-order valence-corrected chi connectivity index (χ2v) is 5.55. The van der Waals surface area contributed by atoms with Crippen molar-refractivity contribution in [3.63, 3.8) is 0 Å². The maximum Gasteiger partial charge on any atom is 0.123 e. The maximum atomic E-state index is 13.4. The van der Waals surface area contributed by atoms with Crippen molar-refractivity contribution in [1.82, 2.24) is 5.32 Å². The highest BCUT2D eigenvalue weighted by Crippen LogP contribution is 2.41. The van der Waals surface area contributed by atoms with Crippen molar-refractivity contribution in [2.75, 3.05) is 13.7 Å². The minimum atomic E-state index is -0.182. The Balaban J connectivity index is 2.01. The predicted molar refractivity (Wildman–Crippen MR) is 82.2 cm³/mol. The molecule has 2 nitrogen and oxygen atoms in total. The van der Waals surface area contributed by atoms with Gasteiger partial charge in [0, 0.05) is 12.0 Å². The third-order valence-electron chi connectivity index (χ3n) is 4.29. The van der Waals surface area contributed by atoms with Crippen LogP contribution in [0.3, 0.4) is 0 Å². The molecule has 1 N–H and O–H groups in total. The molecule has 0 amide bonds. The van der Waals surface area contributed by atoms with Gasteiger partial charge in [-0.25, -0.2) is 4.39 Å². The molecule has 2 unspecified atom stereocenters. The van der Waals surface area contributed by atoms with E-state index in [2.05, 4.69) is 11.4 Å². The van der Waals surface area contributed by atoms with E-state index in [0.717, 1.165) is 29.9 Å². The molecule has 0 radical (unpaired) electrons. The summed E-state index contributed by atoms with van der Waals surface area (Å²) in [6, 6.07) is 13.4. The summed E-state index contributed by atoms with van der Waals surface area (Å²) in [5, 5.41) is 3.41. The van der Waals surface area contributed by atoms with Gasteiger partial charge in [0.1, 0.15) is 11.6 Å². The van der Waals surface area contributed by atoms with Crippen molar-refractivity contribution in [2.45, 2.75) is 25.3 Å². The predicted octanol–water partition coefficient (Wildman–Crippen LogP) is 3.96. The molecule has 3 heteroatoms. The first kappa shape index (κ1) is 14.1. The van der Waals surface area contributed by atoms with Crippen LogP contribution < -0.4 is 10.1 Å². The molecule has 1 heterocycles. The molecule has 1 aliphatic heterocycles. The fourth-order valence-electron chi connectivity index (χ4n) is 3.28. The van der Waals surface area contributed by atoms with Crippen LogP contribution in [-0.4, -0.2) is 13.7 Å². The van der Waals surface area contributed by atoms with Crippen molar-refractivity contribution in [3.8, 4) is 5.75 Å². The summed E-state index contributed by atoms with van der Waals surface area (Å²) in [4.78, 5) is 0. The summed E-state index contributed by atoms with van der Waals surface area (Å²) in [7, 11) is 1.96. The summed E-state index contributed by atoms with van der Waals surface area (Å²) in [6.07, 6.45) is 0.958. The molecule has 3 rings (SSSR count). The third-order valence-corrected chi connectivity index (χ3v) is 4.29. The molecule has 2 atom stereocenters. The SMILES string of the molecule is CNC(c1ccc(F)cc1C)C1CCOc2ccccc21. The van der Waals surface area contributed by atoms with Crippen LogP contribution in [0.25, 0.3) is 0 Å². The van der Waals surface area contributed by atoms with Crippen molar-refractivity contribution in [1.29, 1.82) is 0 Å². The average Bonchev–Trinajstić information content (AvgIpc) is 2.50. The van der Waals surface area contributed by atoms with Gasteiger partial charge in [0.05, 0.1) is 6.61 Å². The number of fused-ring (bicyclic) bond motifs is 1. The average molecular weight is 285 g/mol. The van der Waals surface area contributed by atoms with Crippen LogP contribution in [0.2, 0.25) is 0 Å². The van der Waals surface area contributed by atoms with E-state index in [4.69, 9.17) is 4.74 Å². The molecule has 21 heavy (non-hydrogen) atoms. The fourth-order valence-corrected chi connectivity index (χ4v) is 3.28. The first-order chi connectivity index (χ1) is 10.2. The largest absolute Gasteiger partial charge is 0.493 e. The second-order valence-electron chi connectivity index (χ2n) is 5.55. The van der Waals surface area contributed by atoms with E-state index in [9.17, 15) is 4.39 Å². The Hall–Kier alpha value is -1.87. The summed E-state index contributed by atoms with van der Waals surface area (Å²) < 4.78 is 19.1. The standard InChI is InChI=1S/C18H20FNO/c1-12-11-13(19)7-8-14(12)18(20-2)16-9-10-21-17-6-4-3-5-15(16)17/h3-8,11,16,18,20H,9-10H2,1-2H3. The minimum Gasteiger partial charge on any atom is -0.493 e. The zero-order chi connectivity index (χ0) is 14.8. The van der Waals surface area contributed by atoms with Gasteiger partial charge in [-0.15, -0.1) is 0 Å². The molecule has 0 aliphatic carbocycles. The van der Waals surface area contributed by atoms with Crippen LogP contribution in [0.5, 0.6) is 5.75 Å². The number of benzene rings is 2. The number of likely N-dealkylation sites (N-methyl/N-ethyl adjacent to an activating group) is 1. The fraction of sp³-hybridized carbons (Fsp3) is 0.333. The van der Waals surface area contributed by atoms with Crippen LogP contribution in [0, 0.1) is 12.7 Å². The minimum absolute atomic E-state index is 0.163. The Morgan fingerprint density at radius 2 is 2.05 bits per heavy atom. The van der Waals surface area contributed by atoms with Gasteiger partial charge in [-0.2, -0.15) is 0 Å². The molecule has 0 spiro atoms. The molecule has 2 aromatic carbocycles. The Morgan fingerprint density at radius 1 is 1.24 bits per heavy atom. The molecule has 1 aliphatic rings. The Labute approximate surface area is 125 Å². The zero-order valence-electron chi connectivity index (χ0n) is 12.4. The molecule has 110 valence electrons. The number of ether oxygens (including phenoxy) is 1. The highest BCUT2D eigenvalue weighted by molar-refractivity contribution is 5.41. The van der Waals surface area contributed by atoms with E-state index in [1.54, 1.807) is 6.07 Å². The molecule has 0 bridgehead atoms. The monoisotopic (exact) mass is 285 g/mol. The molecule has 0 saturated carbocycles. The topological polar surface area (TPSA) is 21.3 Å². The highest BCUT2D eigenvalue weighted by Gasteiger charge is 2.29. The van der Waals surface area contributed by atoms with Crippen LogP contribution in [0.15, 0.2) is 42.5 Å². The molecule has 0 saturated heterocycles. The number of nitrogens with one attached hydrogen (secondary N) is 1. The highest BCUT2D eigenvalue weighted by atomic mass is 19.1. The van der Waals surface area contributed by atoms with Crippen molar-refractivity contribution < 1.29 is 9.13 Å². The van der Waals surface area contributed by atoms with E-state index in [1.165, 1.54) is 11.6 Å². The van der Waals surface area contributed by atoms with Gasteiger partial charge in [0.15, 0.2) is 0 Å². The number of aryl methyl sites for hydroxylation is 1. The van der Waals surface area contributed by atoms with Crippen molar-refractivity contribution in [3.05, 3.63) is 65.0 Å². The van der Waals surface area contributed by atoms with Crippen LogP contribution in [0.4, 0.5) is 4.39 Å². The van der Waals surface area contributed by atoms with E-state index in [-0.39, 0.29) is 11.9 Å². The van der Waals surface area contributed by atoms with Gasteiger partial charge >= 0.3 is 0 Å². The van der Waals surface area contributed by atoms with Gasteiger partial charge < -0.3 is 10.1 Å². The van der Waals surface area contributed by atoms with E-state index in [1.807, 2.05) is 38.2 Å². The number of hydrogen-bond acceptors (Lipinski definition) is 2. The van der Waals surface area contributed by atoms with E-state index >= 15 is 0 Å². The van der Waals surface area contributed by atoms with Crippen molar-refractivity contribution in [2.24, 2.45) is 0 Å². The lowest BCUT2D eigenvalue weighted by atomic mass is 9.82. The van der Waals surface area contributed by atoms with Gasteiger partial charge in [-0.3, -0.25) is 0 Å². The second kappa shape index (κ2) is 5.86.